The maximum absolute atomic E-state index is 12.0. The summed E-state index contributed by atoms with van der Waals surface area (Å²) in [5.74, 6) is 1.75. The second kappa shape index (κ2) is 15.7. The molecular formula is C40H55N2O6+. The summed E-state index contributed by atoms with van der Waals surface area (Å²) in [7, 11) is 0. The summed E-state index contributed by atoms with van der Waals surface area (Å²) in [4.78, 5) is 0. The van der Waals surface area contributed by atoms with E-state index in [1.807, 2.05) is 30.3 Å². The number of aliphatic hydroxyl groups excluding tert-OH is 2. The molecule has 5 N–H and O–H groups in total. The number of aliphatic hydroxyl groups is 3. The minimum Gasteiger partial charge on any atom is -0.508 e. The molecule has 0 radical (unpaired) electrons. The average molecular weight is 660 g/mol. The number of hydrogen-bond donors (Lipinski definition) is 5. The molecule has 8 heteroatoms. The third kappa shape index (κ3) is 8.24. The van der Waals surface area contributed by atoms with Gasteiger partial charge in [-0.2, -0.15) is 0 Å². The van der Waals surface area contributed by atoms with Crippen molar-refractivity contribution in [3.8, 4) is 11.5 Å². The van der Waals surface area contributed by atoms with E-state index >= 15 is 0 Å². The number of phenols is 1. The van der Waals surface area contributed by atoms with E-state index in [4.69, 9.17) is 9.47 Å². The van der Waals surface area contributed by atoms with Crippen LogP contribution in [0.2, 0.25) is 0 Å². The molecular weight excluding hydrogens is 604 g/mol. The highest BCUT2D eigenvalue weighted by Crippen LogP contribution is 2.42. The molecule has 1 aliphatic carbocycles. The summed E-state index contributed by atoms with van der Waals surface area (Å²) in [6.07, 6.45) is 7.12. The minimum atomic E-state index is -0.919. The summed E-state index contributed by atoms with van der Waals surface area (Å²) < 4.78 is 14.0. The first-order chi connectivity index (χ1) is 23.3. The zero-order valence-corrected chi connectivity index (χ0v) is 28.5. The van der Waals surface area contributed by atoms with Crippen LogP contribution in [0.15, 0.2) is 72.8 Å². The van der Waals surface area contributed by atoms with Crippen LogP contribution < -0.4 is 10.1 Å². The van der Waals surface area contributed by atoms with Crippen molar-refractivity contribution < 1.29 is 34.4 Å². The SMILES string of the molecule is C[C@@H](Cc1ccc(OCC[N+]23CCC(CC2)[C@@H](OCC(O)(c2ccccc2)C2CCCC2)C3)cc1)NC[C@H](O)c1ccc(O)c(CO)c1. The number of benzene rings is 3. The van der Waals surface area contributed by atoms with Gasteiger partial charge >= 0.3 is 0 Å². The number of aromatic hydroxyl groups is 1. The molecule has 0 aromatic heterocycles. The van der Waals surface area contributed by atoms with E-state index in [1.54, 1.807) is 12.1 Å². The third-order valence-electron chi connectivity index (χ3n) is 11.5. The predicted molar refractivity (Wildman–Crippen MR) is 187 cm³/mol. The summed E-state index contributed by atoms with van der Waals surface area (Å²) in [6.45, 7) is 7.55. The Bertz CT molecular complexity index is 1440. The molecule has 0 spiro atoms. The highest BCUT2D eigenvalue weighted by molar-refractivity contribution is 5.36. The first kappa shape index (κ1) is 34.9. The molecule has 2 bridgehead atoms. The van der Waals surface area contributed by atoms with E-state index in [2.05, 4.69) is 36.5 Å². The topological polar surface area (TPSA) is 111 Å². The van der Waals surface area contributed by atoms with Crippen LogP contribution in [0.3, 0.4) is 0 Å². The lowest BCUT2D eigenvalue weighted by atomic mass is 9.80. The van der Waals surface area contributed by atoms with Crippen molar-refractivity contribution in [3.05, 3.63) is 95.1 Å². The van der Waals surface area contributed by atoms with Crippen LogP contribution in [0.5, 0.6) is 11.5 Å². The van der Waals surface area contributed by atoms with Crippen LogP contribution in [-0.2, 0) is 23.4 Å². The number of ether oxygens (including phenoxy) is 2. The van der Waals surface area contributed by atoms with Gasteiger partial charge in [0.1, 0.15) is 42.9 Å². The van der Waals surface area contributed by atoms with Crippen LogP contribution in [-0.4, -0.2) is 83.0 Å². The number of rotatable bonds is 16. The number of fused-ring (bicyclic) bond motifs is 3. The third-order valence-corrected chi connectivity index (χ3v) is 11.5. The monoisotopic (exact) mass is 659 g/mol. The van der Waals surface area contributed by atoms with Crippen molar-refractivity contribution in [1.82, 2.24) is 5.32 Å². The molecule has 4 fully saturated rings. The van der Waals surface area contributed by atoms with E-state index in [1.165, 1.54) is 50.4 Å². The summed E-state index contributed by atoms with van der Waals surface area (Å²) in [5, 5.41) is 45.2. The summed E-state index contributed by atoms with van der Waals surface area (Å²) in [5.41, 5.74) is 2.34. The van der Waals surface area contributed by atoms with E-state index in [9.17, 15) is 20.4 Å². The van der Waals surface area contributed by atoms with Crippen LogP contribution in [0.25, 0.3) is 0 Å². The fourth-order valence-corrected chi connectivity index (χ4v) is 8.40. The van der Waals surface area contributed by atoms with E-state index in [0.717, 1.165) is 48.1 Å². The van der Waals surface area contributed by atoms with Gasteiger partial charge in [-0.1, -0.05) is 61.4 Å². The van der Waals surface area contributed by atoms with Gasteiger partial charge in [0.15, 0.2) is 0 Å². The van der Waals surface area contributed by atoms with Gasteiger partial charge in [0, 0.05) is 36.9 Å². The van der Waals surface area contributed by atoms with Gasteiger partial charge in [0.05, 0.1) is 32.4 Å². The molecule has 0 amide bonds. The van der Waals surface area contributed by atoms with Gasteiger partial charge in [-0.15, -0.1) is 0 Å². The highest BCUT2D eigenvalue weighted by Gasteiger charge is 2.48. The fraction of sp³-hybridized carbons (Fsp3) is 0.550. The van der Waals surface area contributed by atoms with Gasteiger partial charge < -0.3 is 39.7 Å². The first-order valence-corrected chi connectivity index (χ1v) is 18.1. The number of quaternary nitrogens is 1. The van der Waals surface area contributed by atoms with Crippen LogP contribution in [0, 0.1) is 11.8 Å². The Labute approximate surface area is 285 Å². The average Bonchev–Trinajstić information content (AvgIpc) is 3.68. The maximum atomic E-state index is 12.0. The van der Waals surface area contributed by atoms with Crippen LogP contribution in [0.4, 0.5) is 0 Å². The van der Waals surface area contributed by atoms with E-state index in [-0.39, 0.29) is 30.4 Å². The standard InChI is InChI=1S/C40H54N2O6/c1-29(41-25-38(45)32-13-16-37(44)33(24-32)27-43)23-30-11-14-36(15-12-30)47-22-21-42-19-17-31(18-20-42)39(26-42)48-28-40(46,35-9-5-6-10-35)34-7-3-2-4-8-34/h2-4,7-8,11-16,24,29,31,35,38-39,41,43,45-46H,5-6,9-10,17-23,25-28H2,1H3/p+1/t29-,31?,38-,39-,40?,42?/m0/s1. The fourth-order valence-electron chi connectivity index (χ4n) is 8.40. The zero-order chi connectivity index (χ0) is 33.6. The lowest BCUT2D eigenvalue weighted by Crippen LogP contribution is -2.65. The molecule has 3 aromatic rings. The largest absolute Gasteiger partial charge is 0.508 e. The smallest absolute Gasteiger partial charge is 0.137 e. The Morgan fingerprint density at radius 1 is 0.958 bits per heavy atom. The van der Waals surface area contributed by atoms with E-state index in [0.29, 0.717) is 36.8 Å². The molecule has 1 saturated carbocycles. The predicted octanol–water partition coefficient (Wildman–Crippen LogP) is 5.22. The number of nitrogens with zero attached hydrogens (tertiary/aromatic N) is 1. The zero-order valence-electron chi connectivity index (χ0n) is 28.5. The van der Waals surface area contributed by atoms with Crippen molar-refractivity contribution in [3.63, 3.8) is 0 Å². The Balaban J connectivity index is 0.956. The Kier molecular flexibility index (Phi) is 11.4. The van der Waals surface area contributed by atoms with E-state index < -0.39 is 11.7 Å². The molecule has 3 heterocycles. The van der Waals surface area contributed by atoms with Crippen molar-refractivity contribution in [1.29, 1.82) is 0 Å². The molecule has 4 atom stereocenters. The second-order valence-electron chi connectivity index (χ2n) is 14.7. The normalized spacial score (nSPS) is 25.1. The highest BCUT2D eigenvalue weighted by atomic mass is 16.5. The molecule has 3 aliphatic heterocycles. The lowest BCUT2D eigenvalue weighted by Gasteiger charge is -2.52. The number of hydrogen-bond acceptors (Lipinski definition) is 7. The van der Waals surface area contributed by atoms with Gasteiger partial charge in [-0.05, 0) is 73.1 Å². The second-order valence-corrected chi connectivity index (χ2v) is 14.7. The van der Waals surface area contributed by atoms with Crippen LogP contribution in [0.1, 0.15) is 73.8 Å². The summed E-state index contributed by atoms with van der Waals surface area (Å²) >= 11 is 0. The summed E-state index contributed by atoms with van der Waals surface area (Å²) in [6, 6.07) is 23.5. The molecule has 4 aliphatic rings. The molecule has 3 aromatic carbocycles. The molecule has 3 saturated heterocycles. The van der Waals surface area contributed by atoms with Crippen molar-refractivity contribution in [2.45, 2.75) is 82.3 Å². The number of piperidine rings is 3. The Morgan fingerprint density at radius 3 is 2.40 bits per heavy atom. The molecule has 1 unspecified atom stereocenters. The maximum Gasteiger partial charge on any atom is 0.137 e. The van der Waals surface area contributed by atoms with Crippen LogP contribution >= 0.6 is 0 Å². The quantitative estimate of drug-likeness (QED) is 0.134. The number of nitrogens with one attached hydrogen (secondary N) is 1. The first-order valence-electron chi connectivity index (χ1n) is 18.1. The Morgan fingerprint density at radius 2 is 1.69 bits per heavy atom. The van der Waals surface area contributed by atoms with Crippen molar-refractivity contribution in [2.24, 2.45) is 11.8 Å². The van der Waals surface area contributed by atoms with Gasteiger partial charge in [0.2, 0.25) is 0 Å². The minimum absolute atomic E-state index is 0.0315. The van der Waals surface area contributed by atoms with Gasteiger partial charge in [0.25, 0.3) is 0 Å². The van der Waals surface area contributed by atoms with Crippen molar-refractivity contribution >= 4 is 0 Å². The molecule has 7 rings (SSSR count). The molecule has 8 nitrogen and oxygen atoms in total. The molecule has 48 heavy (non-hydrogen) atoms. The molecule has 260 valence electrons. The van der Waals surface area contributed by atoms with Gasteiger partial charge in [-0.3, -0.25) is 0 Å². The van der Waals surface area contributed by atoms with Crippen molar-refractivity contribution in [2.75, 3.05) is 45.9 Å². The lowest BCUT2D eigenvalue weighted by molar-refractivity contribution is -0.946. The Hall–Kier alpha value is -2.98. The van der Waals surface area contributed by atoms with Gasteiger partial charge in [-0.25, -0.2) is 0 Å².